The van der Waals surface area contributed by atoms with Gasteiger partial charge in [-0.05, 0) is 61.1 Å². The largest absolute Gasteiger partial charge is 0.497 e. The Hall–Kier alpha value is -3.13. The number of carbonyl (C=O) groups is 1. The number of hydrogen-bond acceptors (Lipinski definition) is 5. The van der Waals surface area contributed by atoms with E-state index in [0.717, 1.165) is 22.6 Å². The maximum atomic E-state index is 12.8. The summed E-state index contributed by atoms with van der Waals surface area (Å²) in [7, 11) is 3.39. The third kappa shape index (κ3) is 5.03. The molecule has 7 nitrogen and oxygen atoms in total. The second kappa shape index (κ2) is 9.38. The number of nitrogens with one attached hydrogen (secondary N) is 1. The summed E-state index contributed by atoms with van der Waals surface area (Å²) in [6, 6.07) is 15.2. The van der Waals surface area contributed by atoms with E-state index in [1.807, 2.05) is 55.5 Å². The van der Waals surface area contributed by atoms with E-state index in [1.54, 1.807) is 23.6 Å². The highest BCUT2D eigenvalue weighted by atomic mass is 32.1. The van der Waals surface area contributed by atoms with Gasteiger partial charge in [-0.15, -0.1) is 0 Å². The van der Waals surface area contributed by atoms with Crippen LogP contribution in [0.4, 0.5) is 0 Å². The van der Waals surface area contributed by atoms with Gasteiger partial charge >= 0.3 is 0 Å². The predicted molar refractivity (Wildman–Crippen MR) is 113 cm³/mol. The van der Waals surface area contributed by atoms with Gasteiger partial charge in [0.1, 0.15) is 18.0 Å². The molecule has 0 fully saturated rings. The number of benzene rings is 2. The average Bonchev–Trinajstić information content (AvgIpc) is 3.10. The zero-order chi connectivity index (χ0) is 20.8. The Morgan fingerprint density at radius 1 is 1.14 bits per heavy atom. The molecule has 0 saturated carbocycles. The Labute approximate surface area is 174 Å². The first-order valence-corrected chi connectivity index (χ1v) is 9.68. The molecule has 0 atom stereocenters. The molecule has 3 aromatic rings. The first kappa shape index (κ1) is 20.6. The molecule has 2 aromatic carbocycles. The second-order valence-electron chi connectivity index (χ2n) is 6.49. The summed E-state index contributed by atoms with van der Waals surface area (Å²) >= 11 is 5.33. The van der Waals surface area contributed by atoms with E-state index in [2.05, 4.69) is 10.2 Å². The minimum absolute atomic E-state index is 0.0638. The Balaban J connectivity index is 1.71. The minimum atomic E-state index is -0.0638. The fourth-order valence-corrected chi connectivity index (χ4v) is 3.10. The molecule has 0 saturated heterocycles. The molecular formula is C21H24N4O3S. The Morgan fingerprint density at radius 3 is 2.41 bits per heavy atom. The number of nitrogens with zero attached hydrogens (tertiary/aromatic N) is 3. The molecule has 1 amide bonds. The van der Waals surface area contributed by atoms with Gasteiger partial charge in [-0.1, -0.05) is 12.1 Å². The fraction of sp³-hybridized carbons (Fsp3) is 0.286. The first-order chi connectivity index (χ1) is 14.0. The van der Waals surface area contributed by atoms with Crippen LogP contribution < -0.4 is 9.47 Å². The number of H-pyrrole nitrogens is 1. The highest BCUT2D eigenvalue weighted by molar-refractivity contribution is 7.71. The zero-order valence-corrected chi connectivity index (χ0v) is 17.5. The maximum absolute atomic E-state index is 12.8. The Morgan fingerprint density at radius 2 is 1.79 bits per heavy atom. The van der Waals surface area contributed by atoms with Crippen molar-refractivity contribution in [3.8, 4) is 22.9 Å². The average molecular weight is 413 g/mol. The van der Waals surface area contributed by atoms with Crippen LogP contribution >= 0.6 is 12.2 Å². The van der Waals surface area contributed by atoms with Crippen molar-refractivity contribution in [1.82, 2.24) is 19.7 Å². The maximum Gasteiger partial charge on any atom is 0.242 e. The third-order valence-electron chi connectivity index (χ3n) is 4.48. The number of likely N-dealkylation sites (N-methyl/N-ethyl adjacent to an activating group) is 1. The van der Waals surface area contributed by atoms with E-state index < -0.39 is 0 Å². The number of hydrogen-bond donors (Lipinski definition) is 1. The quantitative estimate of drug-likeness (QED) is 0.572. The van der Waals surface area contributed by atoms with Gasteiger partial charge in [0.2, 0.25) is 5.91 Å². The number of rotatable bonds is 8. The van der Waals surface area contributed by atoms with Gasteiger partial charge < -0.3 is 14.4 Å². The molecule has 0 aliphatic rings. The van der Waals surface area contributed by atoms with E-state index in [9.17, 15) is 4.79 Å². The van der Waals surface area contributed by atoms with Crippen LogP contribution in [0.2, 0.25) is 0 Å². The molecule has 152 valence electrons. The fourth-order valence-electron chi connectivity index (χ4n) is 2.90. The normalized spacial score (nSPS) is 10.6. The number of carbonyl (C=O) groups excluding carboxylic acids is 1. The summed E-state index contributed by atoms with van der Waals surface area (Å²) in [5.74, 6) is 2.12. The van der Waals surface area contributed by atoms with Crippen molar-refractivity contribution < 1.29 is 14.3 Å². The summed E-state index contributed by atoms with van der Waals surface area (Å²) < 4.78 is 12.7. The lowest BCUT2D eigenvalue weighted by atomic mass is 10.2. The second-order valence-corrected chi connectivity index (χ2v) is 6.88. The number of aromatic nitrogens is 3. The Kier molecular flexibility index (Phi) is 6.66. The molecule has 0 aliphatic heterocycles. The molecule has 1 N–H and O–H groups in total. The molecule has 0 radical (unpaired) electrons. The van der Waals surface area contributed by atoms with Crippen molar-refractivity contribution in [3.63, 3.8) is 0 Å². The first-order valence-electron chi connectivity index (χ1n) is 9.27. The van der Waals surface area contributed by atoms with E-state index in [-0.39, 0.29) is 12.5 Å². The summed E-state index contributed by atoms with van der Waals surface area (Å²) in [5.41, 5.74) is 1.87. The summed E-state index contributed by atoms with van der Waals surface area (Å²) in [5, 5.41) is 7.06. The molecule has 0 bridgehead atoms. The molecule has 0 aliphatic carbocycles. The molecule has 0 unspecified atom stereocenters. The smallest absolute Gasteiger partial charge is 0.242 e. The van der Waals surface area contributed by atoms with Gasteiger partial charge in [-0.3, -0.25) is 14.5 Å². The number of methoxy groups -OCH3 is 1. The molecule has 1 aromatic heterocycles. The zero-order valence-electron chi connectivity index (χ0n) is 16.7. The van der Waals surface area contributed by atoms with Crippen molar-refractivity contribution in [3.05, 3.63) is 58.9 Å². The lowest BCUT2D eigenvalue weighted by molar-refractivity contribution is -0.131. The van der Waals surface area contributed by atoms with Gasteiger partial charge in [0.25, 0.3) is 0 Å². The summed E-state index contributed by atoms with van der Waals surface area (Å²) in [4.78, 5) is 14.5. The van der Waals surface area contributed by atoms with E-state index in [4.69, 9.17) is 21.7 Å². The van der Waals surface area contributed by atoms with Gasteiger partial charge in [-0.25, -0.2) is 0 Å². The number of ether oxygens (including phenoxy) is 2. The lowest BCUT2D eigenvalue weighted by Crippen LogP contribution is -2.30. The van der Waals surface area contributed by atoms with Gasteiger partial charge in [0.15, 0.2) is 10.6 Å². The van der Waals surface area contributed by atoms with E-state index >= 15 is 0 Å². The van der Waals surface area contributed by atoms with Crippen molar-refractivity contribution in [2.45, 2.75) is 20.0 Å². The van der Waals surface area contributed by atoms with Crippen molar-refractivity contribution in [2.24, 2.45) is 0 Å². The van der Waals surface area contributed by atoms with Gasteiger partial charge in [0, 0.05) is 19.2 Å². The SMILES string of the molecule is CCOc1ccc(CN(C)C(=O)Cn2c(-c3ccc(OC)cc3)n[nH]c2=S)cc1. The van der Waals surface area contributed by atoms with Crippen LogP contribution in [0.15, 0.2) is 48.5 Å². The molecule has 0 spiro atoms. The van der Waals surface area contributed by atoms with Crippen molar-refractivity contribution in [2.75, 3.05) is 20.8 Å². The van der Waals surface area contributed by atoms with Crippen LogP contribution in [0.5, 0.6) is 11.5 Å². The van der Waals surface area contributed by atoms with Crippen LogP contribution in [-0.2, 0) is 17.9 Å². The number of amides is 1. The molecule has 8 heteroatoms. The molecule has 3 rings (SSSR count). The third-order valence-corrected chi connectivity index (χ3v) is 4.79. The van der Waals surface area contributed by atoms with E-state index in [0.29, 0.717) is 23.7 Å². The highest BCUT2D eigenvalue weighted by Crippen LogP contribution is 2.21. The molecule has 1 heterocycles. The Bertz CT molecular complexity index is 1010. The minimum Gasteiger partial charge on any atom is -0.497 e. The monoisotopic (exact) mass is 412 g/mol. The molecular weight excluding hydrogens is 388 g/mol. The van der Waals surface area contributed by atoms with Crippen molar-refractivity contribution >= 4 is 18.1 Å². The topological polar surface area (TPSA) is 72.4 Å². The van der Waals surface area contributed by atoms with Crippen LogP contribution in [-0.4, -0.2) is 46.3 Å². The molecule has 29 heavy (non-hydrogen) atoms. The number of aromatic amines is 1. The standard InChI is InChI=1S/C21H24N4O3S/c1-4-28-18-9-5-15(6-10-18)13-24(2)19(26)14-25-20(22-23-21(25)29)16-7-11-17(27-3)12-8-16/h5-12H,4,13-14H2,1-3H3,(H,23,29). The van der Waals surface area contributed by atoms with Crippen LogP contribution in [0.1, 0.15) is 12.5 Å². The lowest BCUT2D eigenvalue weighted by Gasteiger charge is -2.18. The van der Waals surface area contributed by atoms with Crippen LogP contribution in [0, 0.1) is 4.77 Å². The van der Waals surface area contributed by atoms with Gasteiger partial charge in [0.05, 0.1) is 13.7 Å². The summed E-state index contributed by atoms with van der Waals surface area (Å²) in [6.45, 7) is 3.17. The summed E-state index contributed by atoms with van der Waals surface area (Å²) in [6.07, 6.45) is 0. The van der Waals surface area contributed by atoms with Gasteiger partial charge in [-0.2, -0.15) is 5.10 Å². The highest BCUT2D eigenvalue weighted by Gasteiger charge is 2.16. The van der Waals surface area contributed by atoms with E-state index in [1.165, 1.54) is 0 Å². The predicted octanol–water partition coefficient (Wildman–Crippen LogP) is 3.67. The van der Waals surface area contributed by atoms with Crippen LogP contribution in [0.3, 0.4) is 0 Å². The van der Waals surface area contributed by atoms with Crippen LogP contribution in [0.25, 0.3) is 11.4 Å². The van der Waals surface area contributed by atoms with Crippen molar-refractivity contribution in [1.29, 1.82) is 0 Å².